The highest BCUT2D eigenvalue weighted by molar-refractivity contribution is 7.16. The third kappa shape index (κ3) is 3.78. The molecule has 6 nitrogen and oxygen atoms in total. The number of piperidine rings is 1. The molecule has 2 atom stereocenters. The number of carbonyl (C=O) groups is 1. The number of fused-ring (bicyclic) bond motifs is 1. The van der Waals surface area contributed by atoms with Crippen LogP contribution in [0.4, 0.5) is 0 Å². The SMILES string of the molecule is [2H]c1sc2c(c1[2H])c(O)c(C(=O)N([2H])C([2H])CC([2H])N1C([2H])([2H])C([2H])([2H])C([2H])([2H])C([2H])([2H])C1([2H])[2H])c(=O)n2C([2H])(C([2H])([2H])[2H])C([2H])([2H])[2H]. The topological polar surface area (TPSA) is 74.6 Å². The van der Waals surface area contributed by atoms with Crippen molar-refractivity contribution in [2.45, 2.75) is 45.3 Å². The maximum absolute atomic E-state index is 13.7. The van der Waals surface area contributed by atoms with Crippen LogP contribution in [0, 0.1) is 0 Å². The summed E-state index contributed by atoms with van der Waals surface area (Å²) in [7, 11) is 0. The number of carbonyl (C=O) groups excluding carboxylic acids is 1. The maximum atomic E-state index is 13.7. The lowest BCUT2D eigenvalue weighted by molar-refractivity contribution is 0.0946. The molecule has 3 rings (SSSR count). The van der Waals surface area contributed by atoms with E-state index in [-0.39, 0.29) is 20.8 Å². The summed E-state index contributed by atoms with van der Waals surface area (Å²) < 4.78 is 176. The standard InChI is InChI=1S/C19H27N3O3S/c1-13(2)22-18(25)15(16(23)14-7-12-26-19(14)22)17(24)20-8-6-11-21-9-4-3-5-10-21/h7,12-13,23H,3-6,8-11H2,1-2H3,(H,20,24)/i1D3,2D3,3D2,4D2,5D2,7D,8D,9D2,10D2,11D,12D,13D/hD. The Morgan fingerprint density at radius 1 is 1.58 bits per heavy atom. The van der Waals surface area contributed by atoms with Crippen molar-refractivity contribution in [3.8, 4) is 5.75 Å². The van der Waals surface area contributed by atoms with E-state index in [1.54, 1.807) is 0 Å². The van der Waals surface area contributed by atoms with Crippen LogP contribution in [0.3, 0.4) is 0 Å². The molecule has 2 unspecified atom stereocenters. The van der Waals surface area contributed by atoms with Crippen LogP contribution in [-0.4, -0.2) is 46.5 Å². The van der Waals surface area contributed by atoms with Gasteiger partial charge >= 0.3 is 0 Å². The number of hydrogen-bond donors (Lipinski definition) is 2. The van der Waals surface area contributed by atoms with E-state index in [1.807, 2.05) is 0 Å². The molecule has 1 aliphatic rings. The van der Waals surface area contributed by atoms with E-state index in [9.17, 15) is 14.7 Å². The first-order valence-corrected chi connectivity index (χ1v) is 7.78. The van der Waals surface area contributed by atoms with Crippen molar-refractivity contribution in [3.05, 3.63) is 27.3 Å². The zero-order valence-electron chi connectivity index (χ0n) is 34.9. The van der Waals surface area contributed by atoms with E-state index in [4.69, 9.17) is 30.2 Å². The van der Waals surface area contributed by atoms with Crippen LogP contribution >= 0.6 is 11.3 Å². The lowest BCUT2D eigenvalue weighted by Gasteiger charge is -2.26. The van der Waals surface area contributed by atoms with E-state index < -0.39 is 121 Å². The third-order valence-corrected chi connectivity index (χ3v) is 3.93. The van der Waals surface area contributed by atoms with Crippen molar-refractivity contribution in [2.75, 3.05) is 26.0 Å². The molecule has 0 aliphatic carbocycles. The minimum atomic E-state index is -3.92. The van der Waals surface area contributed by atoms with Gasteiger partial charge in [-0.05, 0) is 63.8 Å². The zero-order chi connectivity index (χ0) is 37.9. The number of hydrogen-bond acceptors (Lipinski definition) is 5. The van der Waals surface area contributed by atoms with Gasteiger partial charge in [0.05, 0.1) is 9.50 Å². The van der Waals surface area contributed by atoms with Crippen molar-refractivity contribution in [1.29, 1.82) is 0 Å². The molecule has 1 saturated heterocycles. The summed E-state index contributed by atoms with van der Waals surface area (Å²) in [5, 5.41) is 8.72. The molecular formula is C19H27N3O3S. The third-order valence-electron chi connectivity index (χ3n) is 3.15. The van der Waals surface area contributed by atoms with Crippen LogP contribution in [0.2, 0.25) is 1.41 Å². The molecule has 1 aliphatic heterocycles. The summed E-state index contributed by atoms with van der Waals surface area (Å²) in [5.41, 5.74) is -3.65. The van der Waals surface area contributed by atoms with E-state index in [0.29, 0.717) is 0 Å². The molecule has 1 fully saturated rings. The largest absolute Gasteiger partial charge is 0.506 e. The van der Waals surface area contributed by atoms with Crippen LogP contribution in [-0.2, 0) is 0 Å². The Hall–Kier alpha value is -1.86. The Morgan fingerprint density at radius 2 is 2.35 bits per heavy atom. The number of aromatic nitrogens is 1. The number of amides is 1. The average molecular weight is 400 g/mol. The molecule has 2 N–H and O–H groups in total. The molecule has 1 amide bonds. The summed E-state index contributed by atoms with van der Waals surface area (Å²) in [6.07, 6.45) is -12.9. The van der Waals surface area contributed by atoms with Crippen LogP contribution in [0.1, 0.15) is 84.4 Å². The molecule has 142 valence electrons. The van der Waals surface area contributed by atoms with E-state index in [1.165, 1.54) is 0 Å². The van der Waals surface area contributed by atoms with Gasteiger partial charge < -0.3 is 15.3 Å². The van der Waals surface area contributed by atoms with Gasteiger partial charge in [0, 0.05) is 37.2 Å². The lowest BCUT2D eigenvalue weighted by atomic mass is 10.1. The van der Waals surface area contributed by atoms with Gasteiger partial charge in [0.1, 0.15) is 16.1 Å². The van der Waals surface area contributed by atoms with Gasteiger partial charge in [0.15, 0.2) is 1.41 Å². The Morgan fingerprint density at radius 3 is 3.08 bits per heavy atom. The fourth-order valence-corrected chi connectivity index (χ4v) is 2.82. The number of nitrogens with zero attached hydrogens (tertiary/aromatic N) is 2. The fraction of sp³-hybridized carbons (Fsp3) is 0.579. The highest BCUT2D eigenvalue weighted by Gasteiger charge is 2.23. The second-order valence-corrected chi connectivity index (χ2v) is 5.52. The number of nitrogens with one attached hydrogen (secondary N) is 1. The second kappa shape index (κ2) is 8.22. The van der Waals surface area contributed by atoms with Gasteiger partial charge in [-0.2, -0.15) is 0 Å². The Balaban J connectivity index is 2.20. The fourth-order valence-electron chi connectivity index (χ4n) is 2.05. The molecule has 2 aromatic heterocycles. The molecule has 26 heavy (non-hydrogen) atoms. The normalized spacial score (nSPS) is 41.5. The Kier molecular flexibility index (Phi) is 1.76. The predicted molar refractivity (Wildman–Crippen MR) is 105 cm³/mol. The van der Waals surface area contributed by atoms with Crippen molar-refractivity contribution >= 4 is 27.5 Å². The minimum absolute atomic E-state index is 0.115. The predicted octanol–water partition coefficient (Wildman–Crippen LogP) is 2.96. The van der Waals surface area contributed by atoms with Crippen LogP contribution in [0.5, 0.6) is 5.75 Å². The second-order valence-electron chi connectivity index (χ2n) is 4.73. The van der Waals surface area contributed by atoms with E-state index in [2.05, 4.69) is 0 Å². The van der Waals surface area contributed by atoms with Gasteiger partial charge in [-0.15, -0.1) is 11.3 Å². The summed E-state index contributed by atoms with van der Waals surface area (Å²) >= 11 is 0.115. The van der Waals surface area contributed by atoms with Crippen LogP contribution in [0.25, 0.3) is 10.2 Å². The number of thiophene rings is 1. The molecule has 7 heteroatoms. The van der Waals surface area contributed by atoms with Crippen LogP contribution < -0.4 is 10.9 Å². The molecule has 3 heterocycles. The van der Waals surface area contributed by atoms with Crippen LogP contribution in [0.15, 0.2) is 16.2 Å². The van der Waals surface area contributed by atoms with Gasteiger partial charge in [-0.1, -0.05) is 6.37 Å². The molecule has 0 bridgehead atoms. The average Bonchev–Trinajstić information content (AvgIpc) is 3.18. The number of rotatable bonds is 6. The molecule has 0 aromatic carbocycles. The Bertz CT molecular complexity index is 1630. The first-order valence-electron chi connectivity index (χ1n) is 18.1. The quantitative estimate of drug-likeness (QED) is 0.783. The number of likely N-dealkylation sites (tertiary alicyclic amines) is 1. The van der Waals surface area contributed by atoms with Crippen molar-refractivity contribution in [2.24, 2.45) is 0 Å². The van der Waals surface area contributed by atoms with Gasteiger partial charge in [-0.25, -0.2) is 0 Å². The monoisotopic (exact) mass is 399 g/mol. The number of pyridine rings is 1. The van der Waals surface area contributed by atoms with E-state index >= 15 is 0 Å². The molecule has 2 aromatic rings. The molecule has 0 saturated carbocycles. The lowest BCUT2D eigenvalue weighted by Crippen LogP contribution is -2.36. The van der Waals surface area contributed by atoms with Crippen molar-refractivity contribution in [3.63, 3.8) is 0 Å². The van der Waals surface area contributed by atoms with Gasteiger partial charge in [0.2, 0.25) is 0 Å². The Labute approximate surface area is 188 Å². The first-order chi connectivity index (χ1) is 21.1. The minimum Gasteiger partial charge on any atom is -0.506 e. The van der Waals surface area contributed by atoms with Crippen molar-refractivity contribution < 1.29 is 40.1 Å². The molecule has 0 radical (unpaired) electrons. The highest BCUT2D eigenvalue weighted by atomic mass is 32.1. The molecular weight excluding hydrogens is 350 g/mol. The maximum Gasteiger partial charge on any atom is 0.268 e. The van der Waals surface area contributed by atoms with E-state index in [0.717, 1.165) is 0 Å². The van der Waals surface area contributed by atoms with Gasteiger partial charge in [0.25, 0.3) is 11.5 Å². The zero-order valence-corrected chi connectivity index (χ0v) is 13.7. The number of aromatic hydroxyl groups is 1. The summed E-state index contributed by atoms with van der Waals surface area (Å²) in [6.45, 7) is -20.4. The summed E-state index contributed by atoms with van der Waals surface area (Å²) in [4.78, 5) is 25.9. The summed E-state index contributed by atoms with van der Waals surface area (Å²) in [6, 6.07) is -4.87. The summed E-state index contributed by atoms with van der Waals surface area (Å²) in [5.74, 6) is -3.49. The van der Waals surface area contributed by atoms with Gasteiger partial charge in [-0.3, -0.25) is 14.2 Å². The van der Waals surface area contributed by atoms with Crippen molar-refractivity contribution in [1.82, 2.24) is 14.8 Å². The highest BCUT2D eigenvalue weighted by Crippen LogP contribution is 2.31. The molecule has 0 spiro atoms. The smallest absolute Gasteiger partial charge is 0.268 e. The first kappa shape index (κ1) is 5.58.